The highest BCUT2D eigenvalue weighted by Crippen LogP contribution is 2.39. The number of benzene rings is 3. The lowest BCUT2D eigenvalue weighted by atomic mass is 10.1. The number of nitro groups is 1. The number of fused-ring (bicyclic) bond motifs is 1. The molecule has 0 aliphatic heterocycles. The maximum atomic E-state index is 13.5. The van der Waals surface area contributed by atoms with Crippen molar-refractivity contribution in [3.05, 3.63) is 102 Å². The summed E-state index contributed by atoms with van der Waals surface area (Å²) in [5.41, 5.74) is 0.598. The third-order valence-corrected chi connectivity index (χ3v) is 5.61. The van der Waals surface area contributed by atoms with Crippen LogP contribution in [0.1, 0.15) is 23.9 Å². The van der Waals surface area contributed by atoms with E-state index in [9.17, 15) is 19.3 Å². The van der Waals surface area contributed by atoms with E-state index in [4.69, 9.17) is 9.47 Å². The number of ether oxygens (including phenoxy) is 2. The summed E-state index contributed by atoms with van der Waals surface area (Å²) in [4.78, 5) is 28.6. The molecule has 0 fully saturated rings. The summed E-state index contributed by atoms with van der Waals surface area (Å²) < 4.78 is 26.6. The number of aryl methyl sites for hydroxylation is 1. The fourth-order valence-corrected chi connectivity index (χ4v) is 3.89. The lowest BCUT2D eigenvalue weighted by molar-refractivity contribution is -0.386. The second-order valence-electron chi connectivity index (χ2n) is 7.66. The van der Waals surface area contributed by atoms with Gasteiger partial charge in [0.1, 0.15) is 18.2 Å². The first-order valence-electron chi connectivity index (χ1n) is 10.8. The molecular weight excluding hydrogens is 535 g/mol. The largest absolute Gasteiger partial charge is 0.490 e. The molecule has 3 aromatic carbocycles. The van der Waals surface area contributed by atoms with Gasteiger partial charge in [0.15, 0.2) is 5.75 Å². The van der Waals surface area contributed by atoms with E-state index in [-0.39, 0.29) is 36.0 Å². The Hall–Kier alpha value is -4.12. The Bertz CT molecular complexity index is 1550. The van der Waals surface area contributed by atoms with Gasteiger partial charge in [-0.05, 0) is 55.8 Å². The van der Waals surface area contributed by atoms with Gasteiger partial charge in [-0.3, -0.25) is 14.9 Å². The molecule has 1 aromatic heterocycles. The van der Waals surface area contributed by atoms with Gasteiger partial charge >= 0.3 is 5.69 Å². The molecule has 0 saturated heterocycles. The SMILES string of the molecule is CCOc1cc(C=Nn2c(C)nc3ccc(Br)cc3c2=O)cc([N+](=O)[O-])c1OCc1cccc(F)c1. The average molecular weight is 555 g/mol. The van der Waals surface area contributed by atoms with Gasteiger partial charge in [0, 0.05) is 16.1 Å². The minimum absolute atomic E-state index is 0.0890. The Morgan fingerprint density at radius 2 is 2.00 bits per heavy atom. The summed E-state index contributed by atoms with van der Waals surface area (Å²) in [5.74, 6) is -0.0630. The zero-order valence-corrected chi connectivity index (χ0v) is 20.9. The van der Waals surface area contributed by atoms with Gasteiger partial charge in [-0.1, -0.05) is 28.1 Å². The van der Waals surface area contributed by atoms with Crippen LogP contribution in [0.4, 0.5) is 10.1 Å². The average Bonchev–Trinajstić information content (AvgIpc) is 2.83. The molecule has 0 unspecified atom stereocenters. The van der Waals surface area contributed by atoms with Crippen molar-refractivity contribution >= 4 is 38.7 Å². The van der Waals surface area contributed by atoms with Crippen LogP contribution in [0.25, 0.3) is 10.9 Å². The summed E-state index contributed by atoms with van der Waals surface area (Å²) in [5, 5.41) is 16.5. The molecule has 1 heterocycles. The van der Waals surface area contributed by atoms with Crippen LogP contribution in [0.5, 0.6) is 11.5 Å². The molecule has 184 valence electrons. The Labute approximate surface area is 213 Å². The number of rotatable bonds is 8. The van der Waals surface area contributed by atoms with E-state index in [0.29, 0.717) is 27.9 Å². The van der Waals surface area contributed by atoms with Crippen LogP contribution in [0.15, 0.2) is 69.0 Å². The number of hydrogen-bond donors (Lipinski definition) is 0. The standard InChI is InChI=1S/C25H20BrFN4O5/c1-3-35-23-11-17(10-22(31(33)34)24(23)36-14-16-5-4-6-19(27)9-16)13-28-30-15(2)29-21-8-7-18(26)12-20(21)25(30)32/h4-13H,3,14H2,1-2H3. The Morgan fingerprint density at radius 3 is 2.72 bits per heavy atom. The summed E-state index contributed by atoms with van der Waals surface area (Å²) in [6.07, 6.45) is 1.31. The highest BCUT2D eigenvalue weighted by molar-refractivity contribution is 9.10. The number of aromatic nitrogens is 2. The van der Waals surface area contributed by atoms with Crippen molar-refractivity contribution in [1.29, 1.82) is 0 Å². The Balaban J connectivity index is 1.73. The van der Waals surface area contributed by atoms with Crippen LogP contribution in [0, 0.1) is 22.9 Å². The summed E-state index contributed by atoms with van der Waals surface area (Å²) in [6.45, 7) is 3.48. The molecule has 0 spiro atoms. The third-order valence-electron chi connectivity index (χ3n) is 5.12. The van der Waals surface area contributed by atoms with Crippen LogP contribution in [-0.2, 0) is 6.61 Å². The molecule has 0 aliphatic carbocycles. The first-order chi connectivity index (χ1) is 17.3. The van der Waals surface area contributed by atoms with E-state index in [2.05, 4.69) is 26.0 Å². The van der Waals surface area contributed by atoms with E-state index >= 15 is 0 Å². The quantitative estimate of drug-likeness (QED) is 0.164. The van der Waals surface area contributed by atoms with Crippen molar-refractivity contribution < 1.29 is 18.8 Å². The monoisotopic (exact) mass is 554 g/mol. The minimum atomic E-state index is -0.604. The van der Waals surface area contributed by atoms with Crippen LogP contribution < -0.4 is 15.0 Å². The maximum Gasteiger partial charge on any atom is 0.315 e. The first kappa shape index (κ1) is 25.0. The normalized spacial score (nSPS) is 11.2. The molecule has 4 aromatic rings. The van der Waals surface area contributed by atoms with Gasteiger partial charge in [0.25, 0.3) is 5.56 Å². The van der Waals surface area contributed by atoms with Crippen LogP contribution in [0.2, 0.25) is 0 Å². The maximum absolute atomic E-state index is 13.5. The van der Waals surface area contributed by atoms with Crippen molar-refractivity contribution in [3.63, 3.8) is 0 Å². The molecule has 0 atom stereocenters. The Morgan fingerprint density at radius 1 is 1.19 bits per heavy atom. The third kappa shape index (κ3) is 5.41. The molecular formula is C25H20BrFN4O5. The highest BCUT2D eigenvalue weighted by atomic mass is 79.9. The molecule has 0 aliphatic rings. The van der Waals surface area contributed by atoms with Gasteiger partial charge < -0.3 is 9.47 Å². The number of nitrogens with zero attached hydrogens (tertiary/aromatic N) is 4. The van der Waals surface area contributed by atoms with E-state index in [1.807, 2.05) is 0 Å². The predicted octanol–water partition coefficient (Wildman–Crippen LogP) is 5.37. The topological polar surface area (TPSA) is 109 Å². The van der Waals surface area contributed by atoms with Gasteiger partial charge in [-0.15, -0.1) is 0 Å². The molecule has 0 N–H and O–H groups in total. The van der Waals surface area contributed by atoms with Gasteiger partial charge in [0.2, 0.25) is 5.75 Å². The molecule has 4 rings (SSSR count). The second kappa shape index (κ2) is 10.6. The molecule has 0 bridgehead atoms. The minimum Gasteiger partial charge on any atom is -0.490 e. The van der Waals surface area contributed by atoms with Crippen LogP contribution >= 0.6 is 15.9 Å². The van der Waals surface area contributed by atoms with E-state index < -0.39 is 10.7 Å². The smallest absolute Gasteiger partial charge is 0.315 e. The van der Waals surface area contributed by atoms with Crippen molar-refractivity contribution in [2.45, 2.75) is 20.5 Å². The van der Waals surface area contributed by atoms with Crippen LogP contribution in [0.3, 0.4) is 0 Å². The fourth-order valence-electron chi connectivity index (χ4n) is 3.53. The number of hydrogen-bond acceptors (Lipinski definition) is 7. The number of nitro benzene ring substituents is 1. The lowest BCUT2D eigenvalue weighted by Crippen LogP contribution is -2.20. The fraction of sp³-hybridized carbons (Fsp3) is 0.160. The van der Waals surface area contributed by atoms with E-state index in [1.165, 1.54) is 36.5 Å². The zero-order chi connectivity index (χ0) is 25.8. The second-order valence-corrected chi connectivity index (χ2v) is 8.57. The predicted molar refractivity (Wildman–Crippen MR) is 136 cm³/mol. The van der Waals surface area contributed by atoms with Gasteiger partial charge in [-0.25, -0.2) is 9.37 Å². The van der Waals surface area contributed by atoms with Crippen LogP contribution in [-0.4, -0.2) is 27.4 Å². The molecule has 0 saturated carbocycles. The Kier molecular flexibility index (Phi) is 7.39. The first-order valence-corrected chi connectivity index (χ1v) is 11.6. The van der Waals surface area contributed by atoms with E-state index in [0.717, 1.165) is 9.15 Å². The van der Waals surface area contributed by atoms with E-state index in [1.54, 1.807) is 38.1 Å². The zero-order valence-electron chi connectivity index (χ0n) is 19.3. The summed E-state index contributed by atoms with van der Waals surface area (Å²) in [6, 6.07) is 13.7. The molecule has 9 nitrogen and oxygen atoms in total. The van der Waals surface area contributed by atoms with Crippen molar-refractivity contribution in [2.24, 2.45) is 5.10 Å². The molecule has 0 amide bonds. The van der Waals surface area contributed by atoms with Gasteiger partial charge in [-0.2, -0.15) is 9.78 Å². The van der Waals surface area contributed by atoms with Gasteiger partial charge in [0.05, 0.1) is 28.6 Å². The molecule has 11 heteroatoms. The number of halogens is 2. The molecule has 0 radical (unpaired) electrons. The van der Waals surface area contributed by atoms with Crippen molar-refractivity contribution in [1.82, 2.24) is 9.66 Å². The highest BCUT2D eigenvalue weighted by Gasteiger charge is 2.23. The molecule has 36 heavy (non-hydrogen) atoms. The van der Waals surface area contributed by atoms with Crippen molar-refractivity contribution in [3.8, 4) is 11.5 Å². The lowest BCUT2D eigenvalue weighted by Gasteiger charge is -2.13. The summed E-state index contributed by atoms with van der Waals surface area (Å²) >= 11 is 3.34. The van der Waals surface area contributed by atoms with Crippen molar-refractivity contribution in [2.75, 3.05) is 6.61 Å². The summed E-state index contributed by atoms with van der Waals surface area (Å²) in [7, 11) is 0.